The first kappa shape index (κ1) is 14.6. The maximum absolute atomic E-state index is 6.24. The number of rotatable bonds is 3. The summed E-state index contributed by atoms with van der Waals surface area (Å²) in [7, 11) is 0. The minimum absolute atomic E-state index is 0.390. The van der Waals surface area contributed by atoms with Crippen molar-refractivity contribution in [2.24, 2.45) is 0 Å². The fraction of sp³-hybridized carbons (Fsp3) is 0.353. The molecule has 6 heteroatoms. The fourth-order valence-corrected chi connectivity index (χ4v) is 3.47. The lowest BCUT2D eigenvalue weighted by atomic mass is 10.1. The van der Waals surface area contributed by atoms with Crippen LogP contribution >= 0.6 is 11.6 Å². The van der Waals surface area contributed by atoms with Crippen molar-refractivity contribution in [1.29, 1.82) is 0 Å². The highest BCUT2D eigenvalue weighted by atomic mass is 35.5. The van der Waals surface area contributed by atoms with Crippen LogP contribution in [0.1, 0.15) is 23.6 Å². The van der Waals surface area contributed by atoms with Gasteiger partial charge in [-0.05, 0) is 37.1 Å². The summed E-state index contributed by atoms with van der Waals surface area (Å²) < 4.78 is 2.02. The molecule has 3 aromatic rings. The van der Waals surface area contributed by atoms with Gasteiger partial charge in [0.2, 0.25) is 0 Å². The van der Waals surface area contributed by atoms with Gasteiger partial charge in [0.1, 0.15) is 11.6 Å². The second-order valence-electron chi connectivity index (χ2n) is 6.01. The monoisotopic (exact) mass is 327 g/mol. The standard InChI is InChI=1S/C17H18ClN5/c1-11-21-16-5-4-15(10-23(16)22-11)20-9-13-8-14(18)7-12-3-2-6-19-17(12)13/h2-3,6-8,15,20H,4-5,9-10H2,1H3/t15-/m0/s1. The van der Waals surface area contributed by atoms with Crippen molar-refractivity contribution in [3.05, 3.63) is 52.7 Å². The van der Waals surface area contributed by atoms with Crippen molar-refractivity contribution < 1.29 is 0 Å². The number of pyridine rings is 1. The molecule has 0 fully saturated rings. The molecule has 1 aliphatic heterocycles. The number of fused-ring (bicyclic) bond motifs is 2. The van der Waals surface area contributed by atoms with Gasteiger partial charge in [-0.3, -0.25) is 4.98 Å². The molecule has 0 spiro atoms. The van der Waals surface area contributed by atoms with Crippen molar-refractivity contribution in [3.8, 4) is 0 Å². The summed E-state index contributed by atoms with van der Waals surface area (Å²) in [6.07, 6.45) is 3.86. The lowest BCUT2D eigenvalue weighted by Gasteiger charge is -2.24. The number of nitrogens with one attached hydrogen (secondary N) is 1. The van der Waals surface area contributed by atoms with Crippen LogP contribution in [0.4, 0.5) is 0 Å². The number of halogens is 1. The van der Waals surface area contributed by atoms with Crippen molar-refractivity contribution in [2.45, 2.75) is 38.9 Å². The molecule has 0 bridgehead atoms. The van der Waals surface area contributed by atoms with E-state index in [-0.39, 0.29) is 0 Å². The molecule has 0 amide bonds. The molecule has 0 saturated carbocycles. The number of nitrogens with zero attached hydrogens (tertiary/aromatic N) is 4. The van der Waals surface area contributed by atoms with E-state index in [0.29, 0.717) is 6.04 Å². The lowest BCUT2D eigenvalue weighted by Crippen LogP contribution is -2.37. The Kier molecular flexibility index (Phi) is 3.75. The number of benzene rings is 1. The van der Waals surface area contributed by atoms with Gasteiger partial charge in [0.25, 0.3) is 0 Å². The van der Waals surface area contributed by atoms with Crippen LogP contribution < -0.4 is 5.32 Å². The Morgan fingerprint density at radius 1 is 1.39 bits per heavy atom. The van der Waals surface area contributed by atoms with Gasteiger partial charge in [-0.15, -0.1) is 0 Å². The molecule has 118 valence electrons. The molecule has 5 nitrogen and oxygen atoms in total. The second kappa shape index (κ2) is 5.91. The van der Waals surface area contributed by atoms with Crippen LogP contribution in [0.5, 0.6) is 0 Å². The average molecular weight is 328 g/mol. The highest BCUT2D eigenvalue weighted by Crippen LogP contribution is 2.22. The Hall–Kier alpha value is -1.98. The van der Waals surface area contributed by atoms with Crippen LogP contribution in [-0.4, -0.2) is 25.8 Å². The number of hydrogen-bond donors (Lipinski definition) is 1. The third-order valence-electron chi connectivity index (χ3n) is 4.29. The van der Waals surface area contributed by atoms with Crippen LogP contribution in [0.25, 0.3) is 10.9 Å². The van der Waals surface area contributed by atoms with E-state index in [1.165, 1.54) is 0 Å². The maximum Gasteiger partial charge on any atom is 0.147 e. The van der Waals surface area contributed by atoms with Crippen LogP contribution in [0.15, 0.2) is 30.5 Å². The summed E-state index contributed by atoms with van der Waals surface area (Å²) in [4.78, 5) is 8.95. The molecule has 1 aromatic carbocycles. The molecule has 3 heterocycles. The van der Waals surface area contributed by atoms with E-state index in [1.54, 1.807) is 0 Å². The highest BCUT2D eigenvalue weighted by Gasteiger charge is 2.20. The Balaban J connectivity index is 1.52. The molecule has 4 rings (SSSR count). The van der Waals surface area contributed by atoms with Gasteiger partial charge in [-0.2, -0.15) is 5.10 Å². The molecule has 2 aromatic heterocycles. The van der Waals surface area contributed by atoms with Crippen LogP contribution in [0.3, 0.4) is 0 Å². The fourth-order valence-electron chi connectivity index (χ4n) is 3.22. The quantitative estimate of drug-likeness (QED) is 0.803. The van der Waals surface area contributed by atoms with E-state index in [1.807, 2.05) is 42.1 Å². The Morgan fingerprint density at radius 3 is 3.22 bits per heavy atom. The van der Waals surface area contributed by atoms with Gasteiger partial charge in [0.05, 0.1) is 12.1 Å². The molecule has 0 saturated heterocycles. The van der Waals surface area contributed by atoms with E-state index in [9.17, 15) is 0 Å². The third kappa shape index (κ3) is 2.94. The van der Waals surface area contributed by atoms with Gasteiger partial charge in [-0.1, -0.05) is 17.7 Å². The average Bonchev–Trinajstić information content (AvgIpc) is 2.91. The predicted molar refractivity (Wildman–Crippen MR) is 90.5 cm³/mol. The van der Waals surface area contributed by atoms with Gasteiger partial charge >= 0.3 is 0 Å². The van der Waals surface area contributed by atoms with Crippen molar-refractivity contribution in [2.75, 3.05) is 0 Å². The zero-order valence-electron chi connectivity index (χ0n) is 13.0. The smallest absolute Gasteiger partial charge is 0.147 e. The van der Waals surface area contributed by atoms with E-state index >= 15 is 0 Å². The minimum Gasteiger partial charge on any atom is -0.308 e. The van der Waals surface area contributed by atoms with Crippen LogP contribution in [0, 0.1) is 6.92 Å². The molecule has 1 N–H and O–H groups in total. The zero-order valence-corrected chi connectivity index (χ0v) is 13.7. The topological polar surface area (TPSA) is 55.6 Å². The summed E-state index contributed by atoms with van der Waals surface area (Å²) >= 11 is 6.24. The Morgan fingerprint density at radius 2 is 2.30 bits per heavy atom. The normalized spacial score (nSPS) is 17.4. The van der Waals surface area contributed by atoms with Gasteiger partial charge in [0, 0.05) is 35.6 Å². The largest absolute Gasteiger partial charge is 0.308 e. The molecule has 0 radical (unpaired) electrons. The lowest BCUT2D eigenvalue weighted by molar-refractivity contribution is 0.358. The van der Waals surface area contributed by atoms with Gasteiger partial charge in [0.15, 0.2) is 0 Å². The SMILES string of the molecule is Cc1nc2n(n1)C[C@@H](NCc1cc(Cl)cc3cccnc13)CC2. The zero-order chi connectivity index (χ0) is 15.8. The summed E-state index contributed by atoms with van der Waals surface area (Å²) in [6.45, 7) is 3.56. The predicted octanol–water partition coefficient (Wildman–Crippen LogP) is 2.89. The molecular formula is C17H18ClN5. The molecular weight excluding hydrogens is 310 g/mol. The first-order chi connectivity index (χ1) is 11.2. The van der Waals surface area contributed by atoms with E-state index < -0.39 is 0 Å². The summed E-state index contributed by atoms with van der Waals surface area (Å²) in [5.74, 6) is 1.95. The summed E-state index contributed by atoms with van der Waals surface area (Å²) in [5, 5.41) is 9.90. The molecule has 23 heavy (non-hydrogen) atoms. The summed E-state index contributed by atoms with van der Waals surface area (Å²) in [5.41, 5.74) is 2.14. The van der Waals surface area contributed by atoms with Crippen molar-refractivity contribution in [3.63, 3.8) is 0 Å². The maximum atomic E-state index is 6.24. The van der Waals surface area contributed by atoms with E-state index in [4.69, 9.17) is 11.6 Å². The molecule has 1 atom stereocenters. The number of aromatic nitrogens is 4. The number of hydrogen-bond acceptors (Lipinski definition) is 4. The molecule has 1 aliphatic rings. The first-order valence-electron chi connectivity index (χ1n) is 7.86. The Labute approximate surface area is 139 Å². The second-order valence-corrected chi connectivity index (χ2v) is 6.45. The van der Waals surface area contributed by atoms with E-state index in [0.717, 1.165) is 59.1 Å². The molecule has 0 unspecified atom stereocenters. The third-order valence-corrected chi connectivity index (χ3v) is 4.51. The van der Waals surface area contributed by atoms with Crippen LogP contribution in [-0.2, 0) is 19.5 Å². The highest BCUT2D eigenvalue weighted by molar-refractivity contribution is 6.31. The van der Waals surface area contributed by atoms with Crippen LogP contribution in [0.2, 0.25) is 5.02 Å². The van der Waals surface area contributed by atoms with Crippen molar-refractivity contribution >= 4 is 22.5 Å². The number of aryl methyl sites for hydroxylation is 2. The van der Waals surface area contributed by atoms with Crippen molar-refractivity contribution in [1.82, 2.24) is 25.1 Å². The molecule has 0 aliphatic carbocycles. The van der Waals surface area contributed by atoms with Gasteiger partial charge in [-0.25, -0.2) is 9.67 Å². The van der Waals surface area contributed by atoms with Gasteiger partial charge < -0.3 is 5.32 Å². The van der Waals surface area contributed by atoms with E-state index in [2.05, 4.69) is 20.4 Å². The first-order valence-corrected chi connectivity index (χ1v) is 8.24. The minimum atomic E-state index is 0.390. The summed E-state index contributed by atoms with van der Waals surface area (Å²) in [6, 6.07) is 8.33. The Bertz CT molecular complexity index is 857.